The Morgan fingerprint density at radius 1 is 1.23 bits per heavy atom. The van der Waals surface area contributed by atoms with Gasteiger partial charge in [-0.3, -0.25) is 0 Å². The zero-order valence-corrected chi connectivity index (χ0v) is 12.0. The van der Waals surface area contributed by atoms with Crippen molar-refractivity contribution in [2.45, 2.75) is 6.92 Å². The SMILES string of the molecule is CCOC(=O)c1ccc2ccc(N=C(N)N=C(N)N)cc2n1. The minimum Gasteiger partial charge on any atom is -0.461 e. The van der Waals surface area contributed by atoms with Crippen LogP contribution in [0, 0.1) is 0 Å². The molecule has 0 unspecified atom stereocenters. The molecule has 2 aromatic rings. The van der Waals surface area contributed by atoms with E-state index in [9.17, 15) is 4.79 Å². The summed E-state index contributed by atoms with van der Waals surface area (Å²) in [5, 5.41) is 0.854. The number of ether oxygens (including phenoxy) is 1. The minimum absolute atomic E-state index is 0.0686. The van der Waals surface area contributed by atoms with Crippen molar-refractivity contribution in [3.05, 3.63) is 36.0 Å². The normalized spacial score (nSPS) is 11.2. The van der Waals surface area contributed by atoms with Gasteiger partial charge in [0.05, 0.1) is 17.8 Å². The number of nitrogens with zero attached hydrogens (tertiary/aromatic N) is 3. The fourth-order valence-corrected chi connectivity index (χ4v) is 1.78. The quantitative estimate of drug-likeness (QED) is 0.431. The molecule has 0 aliphatic rings. The number of hydrogen-bond acceptors (Lipinski definition) is 4. The lowest BCUT2D eigenvalue weighted by Crippen LogP contribution is -2.26. The van der Waals surface area contributed by atoms with Gasteiger partial charge in [-0.2, -0.15) is 4.99 Å². The fraction of sp³-hybridized carbons (Fsp3) is 0.143. The zero-order valence-electron chi connectivity index (χ0n) is 12.0. The van der Waals surface area contributed by atoms with Gasteiger partial charge in [-0.15, -0.1) is 0 Å². The van der Waals surface area contributed by atoms with Crippen molar-refractivity contribution in [3.8, 4) is 0 Å². The first-order valence-electron chi connectivity index (χ1n) is 6.51. The highest BCUT2D eigenvalue weighted by atomic mass is 16.5. The standard InChI is InChI=1S/C14H16N6O2/c1-2-22-12(21)10-6-4-8-3-5-9(7-11(8)19-10)18-14(17)20-13(15)16/h3-7H,2H2,1H3,(H6,15,16,17,18,20). The topological polar surface area (TPSA) is 142 Å². The maximum Gasteiger partial charge on any atom is 0.356 e. The lowest BCUT2D eigenvalue weighted by molar-refractivity contribution is 0.0520. The van der Waals surface area contributed by atoms with Crippen LogP contribution in [-0.2, 0) is 4.74 Å². The molecule has 6 N–H and O–H groups in total. The fourth-order valence-electron chi connectivity index (χ4n) is 1.78. The van der Waals surface area contributed by atoms with E-state index in [-0.39, 0.29) is 24.2 Å². The van der Waals surface area contributed by atoms with E-state index < -0.39 is 5.97 Å². The molecule has 1 aromatic carbocycles. The molecule has 1 heterocycles. The number of hydrogen-bond donors (Lipinski definition) is 3. The first kappa shape index (κ1) is 15.2. The summed E-state index contributed by atoms with van der Waals surface area (Å²) in [4.78, 5) is 23.6. The Morgan fingerprint density at radius 2 is 1.95 bits per heavy atom. The van der Waals surface area contributed by atoms with Crippen molar-refractivity contribution < 1.29 is 9.53 Å². The summed E-state index contributed by atoms with van der Waals surface area (Å²) >= 11 is 0. The van der Waals surface area contributed by atoms with Gasteiger partial charge in [-0.1, -0.05) is 12.1 Å². The van der Waals surface area contributed by atoms with E-state index in [1.54, 1.807) is 37.3 Å². The number of rotatable bonds is 3. The van der Waals surface area contributed by atoms with Gasteiger partial charge in [-0.25, -0.2) is 14.8 Å². The highest BCUT2D eigenvalue weighted by Crippen LogP contribution is 2.20. The molecule has 0 aliphatic heterocycles. The minimum atomic E-state index is -0.474. The monoisotopic (exact) mass is 300 g/mol. The summed E-state index contributed by atoms with van der Waals surface area (Å²) in [7, 11) is 0. The van der Waals surface area contributed by atoms with Gasteiger partial charge in [0.25, 0.3) is 0 Å². The molecule has 0 aliphatic carbocycles. The van der Waals surface area contributed by atoms with Crippen LogP contribution in [0.4, 0.5) is 5.69 Å². The highest BCUT2D eigenvalue weighted by molar-refractivity contribution is 5.95. The van der Waals surface area contributed by atoms with Crippen LogP contribution >= 0.6 is 0 Å². The number of guanidine groups is 2. The van der Waals surface area contributed by atoms with Crippen LogP contribution in [0.25, 0.3) is 10.9 Å². The van der Waals surface area contributed by atoms with E-state index in [4.69, 9.17) is 21.9 Å². The van der Waals surface area contributed by atoms with Gasteiger partial charge in [0.15, 0.2) is 5.96 Å². The van der Waals surface area contributed by atoms with Crippen molar-refractivity contribution in [2.24, 2.45) is 27.2 Å². The molecule has 0 spiro atoms. The van der Waals surface area contributed by atoms with Gasteiger partial charge in [-0.05, 0) is 25.1 Å². The van der Waals surface area contributed by atoms with Crippen molar-refractivity contribution in [2.75, 3.05) is 6.61 Å². The third-order valence-corrected chi connectivity index (χ3v) is 2.65. The summed E-state index contributed by atoms with van der Waals surface area (Å²) in [5.74, 6) is -0.719. The van der Waals surface area contributed by atoms with Crippen LogP contribution in [0.3, 0.4) is 0 Å². The van der Waals surface area contributed by atoms with E-state index in [0.717, 1.165) is 5.39 Å². The molecule has 114 valence electrons. The number of aliphatic imine (C=N–C) groups is 2. The van der Waals surface area contributed by atoms with Crippen LogP contribution in [-0.4, -0.2) is 29.5 Å². The Bertz CT molecular complexity index is 765. The van der Waals surface area contributed by atoms with Crippen molar-refractivity contribution >= 4 is 34.5 Å². The van der Waals surface area contributed by atoms with Crippen molar-refractivity contribution in [1.29, 1.82) is 0 Å². The molecule has 8 heteroatoms. The summed E-state index contributed by atoms with van der Waals surface area (Å²) in [6, 6.07) is 8.60. The van der Waals surface area contributed by atoms with E-state index in [1.807, 2.05) is 0 Å². The first-order valence-corrected chi connectivity index (χ1v) is 6.51. The van der Waals surface area contributed by atoms with Crippen LogP contribution in [0.5, 0.6) is 0 Å². The molecule has 0 saturated heterocycles. The molecule has 0 bridgehead atoms. The van der Waals surface area contributed by atoms with E-state index in [0.29, 0.717) is 11.2 Å². The van der Waals surface area contributed by atoms with Crippen LogP contribution in [0.2, 0.25) is 0 Å². The number of benzene rings is 1. The van der Waals surface area contributed by atoms with Gasteiger partial charge in [0.1, 0.15) is 5.69 Å². The summed E-state index contributed by atoms with van der Waals surface area (Å²) in [6.45, 7) is 2.02. The Kier molecular flexibility index (Phi) is 4.52. The summed E-state index contributed by atoms with van der Waals surface area (Å²) in [6.07, 6.45) is 0. The molecule has 0 amide bonds. The summed E-state index contributed by atoms with van der Waals surface area (Å²) in [5.41, 5.74) is 17.4. The number of aromatic nitrogens is 1. The lowest BCUT2D eigenvalue weighted by atomic mass is 10.2. The number of carbonyl (C=O) groups excluding carboxylic acids is 1. The number of carbonyl (C=O) groups is 1. The molecular weight excluding hydrogens is 284 g/mol. The second-order valence-corrected chi connectivity index (χ2v) is 4.30. The number of esters is 1. The Labute approximate surface area is 126 Å². The van der Waals surface area contributed by atoms with E-state index >= 15 is 0 Å². The first-order chi connectivity index (χ1) is 10.5. The molecule has 1 aromatic heterocycles. The molecule has 8 nitrogen and oxygen atoms in total. The smallest absolute Gasteiger partial charge is 0.356 e. The third-order valence-electron chi connectivity index (χ3n) is 2.65. The maximum absolute atomic E-state index is 11.7. The molecular formula is C14H16N6O2. The number of pyridine rings is 1. The molecule has 0 radical (unpaired) electrons. The molecule has 22 heavy (non-hydrogen) atoms. The molecule has 0 saturated carbocycles. The predicted octanol–water partition coefficient (Wildman–Crippen LogP) is 0.631. The van der Waals surface area contributed by atoms with E-state index in [2.05, 4.69) is 15.0 Å². The second kappa shape index (κ2) is 6.53. The largest absolute Gasteiger partial charge is 0.461 e. The maximum atomic E-state index is 11.7. The van der Waals surface area contributed by atoms with Crippen molar-refractivity contribution in [3.63, 3.8) is 0 Å². The molecule has 0 atom stereocenters. The molecule has 2 rings (SSSR count). The Morgan fingerprint density at radius 3 is 2.64 bits per heavy atom. The predicted molar refractivity (Wildman–Crippen MR) is 84.8 cm³/mol. The van der Waals surface area contributed by atoms with Crippen LogP contribution in [0.1, 0.15) is 17.4 Å². The average Bonchev–Trinajstić information content (AvgIpc) is 2.45. The highest BCUT2D eigenvalue weighted by Gasteiger charge is 2.09. The Balaban J connectivity index is 2.40. The number of fused-ring (bicyclic) bond motifs is 1. The summed E-state index contributed by atoms with van der Waals surface area (Å²) < 4.78 is 4.92. The molecule has 0 fully saturated rings. The lowest BCUT2D eigenvalue weighted by Gasteiger charge is -2.04. The van der Waals surface area contributed by atoms with Gasteiger partial charge in [0.2, 0.25) is 5.96 Å². The van der Waals surface area contributed by atoms with E-state index in [1.165, 1.54) is 0 Å². The third kappa shape index (κ3) is 3.69. The van der Waals surface area contributed by atoms with Crippen molar-refractivity contribution in [1.82, 2.24) is 4.98 Å². The second-order valence-electron chi connectivity index (χ2n) is 4.30. The van der Waals surface area contributed by atoms with Gasteiger partial charge >= 0.3 is 5.97 Å². The Hall–Kier alpha value is -3.16. The average molecular weight is 300 g/mol. The number of nitrogens with two attached hydrogens (primary N) is 3. The van der Waals surface area contributed by atoms with Crippen LogP contribution < -0.4 is 17.2 Å². The van der Waals surface area contributed by atoms with Gasteiger partial charge in [0, 0.05) is 5.39 Å². The van der Waals surface area contributed by atoms with Gasteiger partial charge < -0.3 is 21.9 Å². The zero-order chi connectivity index (χ0) is 16.1. The van der Waals surface area contributed by atoms with Crippen LogP contribution in [0.15, 0.2) is 40.3 Å².